The van der Waals surface area contributed by atoms with Crippen molar-refractivity contribution in [1.29, 1.82) is 0 Å². The Bertz CT molecular complexity index is 547. The van der Waals surface area contributed by atoms with Gasteiger partial charge in [-0.05, 0) is 19.8 Å². The number of carbonyl (C=O) groups is 2. The third-order valence-corrected chi connectivity index (χ3v) is 3.73. The summed E-state index contributed by atoms with van der Waals surface area (Å²) in [7, 11) is 0. The third kappa shape index (κ3) is 3.93. The molecule has 0 amide bonds. The summed E-state index contributed by atoms with van der Waals surface area (Å²) in [5.74, 6) is -2.90. The number of carboxylic acid groups (broad SMARTS) is 1. The van der Waals surface area contributed by atoms with E-state index in [-0.39, 0.29) is 6.61 Å². The topological polar surface area (TPSA) is 93.8 Å². The number of hydrogen-bond acceptors (Lipinski definition) is 5. The summed E-state index contributed by atoms with van der Waals surface area (Å²) in [5, 5.41) is 13.4. The van der Waals surface area contributed by atoms with Crippen molar-refractivity contribution in [3.8, 4) is 0 Å². The molecule has 1 fully saturated rings. The van der Waals surface area contributed by atoms with Crippen molar-refractivity contribution < 1.29 is 19.4 Å². The number of rotatable bonds is 6. The maximum atomic E-state index is 11.6. The Kier molecular flexibility index (Phi) is 5.68. The van der Waals surface area contributed by atoms with E-state index in [1.54, 1.807) is 19.2 Å². The Morgan fingerprint density at radius 3 is 2.86 bits per heavy atom. The second-order valence-electron chi connectivity index (χ2n) is 5.27. The first-order valence-corrected chi connectivity index (χ1v) is 7.60. The Balaban J connectivity index is 2.13. The number of aliphatic carboxylic acids is 1. The van der Waals surface area contributed by atoms with E-state index in [0.717, 1.165) is 31.9 Å². The van der Waals surface area contributed by atoms with Crippen LogP contribution in [0.15, 0.2) is 17.3 Å². The SMILES string of the molecule is CCOC(=O)[C@@H](C=Nc1ccnn1C1CCCCC1)C(=O)O. The largest absolute Gasteiger partial charge is 0.480 e. The molecule has 1 aromatic rings. The summed E-state index contributed by atoms with van der Waals surface area (Å²) in [6, 6.07) is 2.01. The second-order valence-corrected chi connectivity index (χ2v) is 5.27. The van der Waals surface area contributed by atoms with Gasteiger partial charge in [0.25, 0.3) is 0 Å². The molecule has 1 atom stereocenters. The van der Waals surface area contributed by atoms with Gasteiger partial charge in [0.15, 0.2) is 5.92 Å². The monoisotopic (exact) mass is 307 g/mol. The van der Waals surface area contributed by atoms with Crippen molar-refractivity contribution in [2.75, 3.05) is 6.61 Å². The number of hydrogen-bond donors (Lipinski definition) is 1. The molecule has 1 aliphatic rings. The van der Waals surface area contributed by atoms with Crippen LogP contribution in [0.4, 0.5) is 5.82 Å². The first-order chi connectivity index (χ1) is 10.6. The van der Waals surface area contributed by atoms with Gasteiger partial charge >= 0.3 is 11.9 Å². The molecule has 0 radical (unpaired) electrons. The van der Waals surface area contributed by atoms with Crippen molar-refractivity contribution in [2.45, 2.75) is 45.1 Å². The van der Waals surface area contributed by atoms with Crippen LogP contribution in [0, 0.1) is 5.92 Å². The molecule has 2 rings (SSSR count). The molecule has 1 heterocycles. The van der Waals surface area contributed by atoms with Gasteiger partial charge in [-0.3, -0.25) is 9.59 Å². The lowest BCUT2D eigenvalue weighted by Gasteiger charge is -2.22. The molecule has 0 aromatic carbocycles. The molecule has 120 valence electrons. The highest BCUT2D eigenvalue weighted by molar-refractivity contribution is 6.08. The normalized spacial score (nSPS) is 17.5. The third-order valence-electron chi connectivity index (χ3n) is 3.73. The van der Waals surface area contributed by atoms with Crippen molar-refractivity contribution >= 4 is 24.0 Å². The Labute approximate surface area is 129 Å². The Morgan fingerprint density at radius 1 is 1.50 bits per heavy atom. The number of carbonyl (C=O) groups excluding carboxylic acids is 1. The number of aliphatic imine (C=N–C) groups is 1. The van der Waals surface area contributed by atoms with E-state index in [2.05, 4.69) is 10.1 Å². The van der Waals surface area contributed by atoms with Crippen LogP contribution in [0.2, 0.25) is 0 Å². The molecule has 0 spiro atoms. The van der Waals surface area contributed by atoms with E-state index in [4.69, 9.17) is 9.84 Å². The van der Waals surface area contributed by atoms with E-state index in [0.29, 0.717) is 11.9 Å². The number of nitrogens with zero attached hydrogens (tertiary/aromatic N) is 3. The lowest BCUT2D eigenvalue weighted by Crippen LogP contribution is -2.27. The maximum Gasteiger partial charge on any atom is 0.325 e. The van der Waals surface area contributed by atoms with Gasteiger partial charge in [-0.25, -0.2) is 9.67 Å². The van der Waals surface area contributed by atoms with Crippen molar-refractivity contribution in [3.63, 3.8) is 0 Å². The summed E-state index contributed by atoms with van der Waals surface area (Å²) in [6.07, 6.45) is 8.41. The molecule has 0 aliphatic heterocycles. The standard InChI is InChI=1S/C15H21N3O4/c1-2-22-15(21)12(14(19)20)10-16-13-8-9-17-18(13)11-6-4-3-5-7-11/h8-12H,2-7H2,1H3,(H,19,20)/t12-/m0/s1. The van der Waals surface area contributed by atoms with Crippen LogP contribution in [0.3, 0.4) is 0 Å². The van der Waals surface area contributed by atoms with Crippen molar-refractivity contribution in [1.82, 2.24) is 9.78 Å². The Hall–Kier alpha value is -2.18. The fourth-order valence-electron chi connectivity index (χ4n) is 2.62. The number of esters is 1. The average molecular weight is 307 g/mol. The van der Waals surface area contributed by atoms with Gasteiger partial charge in [-0.1, -0.05) is 19.3 Å². The van der Waals surface area contributed by atoms with Crippen LogP contribution in [-0.2, 0) is 14.3 Å². The lowest BCUT2D eigenvalue weighted by atomic mass is 9.96. The molecular formula is C15H21N3O4. The van der Waals surface area contributed by atoms with Gasteiger partial charge in [0.1, 0.15) is 5.82 Å². The summed E-state index contributed by atoms with van der Waals surface area (Å²) >= 11 is 0. The molecule has 7 heteroatoms. The van der Waals surface area contributed by atoms with E-state index >= 15 is 0 Å². The minimum atomic E-state index is -1.39. The molecule has 0 bridgehead atoms. The zero-order chi connectivity index (χ0) is 15.9. The first-order valence-electron chi connectivity index (χ1n) is 7.60. The van der Waals surface area contributed by atoms with Crippen molar-refractivity contribution in [3.05, 3.63) is 12.3 Å². The minimum absolute atomic E-state index is 0.135. The number of ether oxygens (including phenoxy) is 1. The fourth-order valence-corrected chi connectivity index (χ4v) is 2.62. The molecule has 0 saturated heterocycles. The van der Waals surface area contributed by atoms with Crippen LogP contribution in [-0.4, -0.2) is 39.6 Å². The molecule has 0 unspecified atom stereocenters. The van der Waals surface area contributed by atoms with E-state index in [1.165, 1.54) is 6.42 Å². The minimum Gasteiger partial charge on any atom is -0.480 e. The highest BCUT2D eigenvalue weighted by Gasteiger charge is 2.26. The second kappa shape index (κ2) is 7.72. The van der Waals surface area contributed by atoms with Gasteiger partial charge < -0.3 is 9.84 Å². The first kappa shape index (κ1) is 16.2. The van der Waals surface area contributed by atoms with Gasteiger partial charge in [0.2, 0.25) is 0 Å². The zero-order valence-corrected chi connectivity index (χ0v) is 12.6. The fraction of sp³-hybridized carbons (Fsp3) is 0.600. The van der Waals surface area contributed by atoms with Gasteiger partial charge in [0.05, 0.1) is 18.8 Å². The van der Waals surface area contributed by atoms with Crippen LogP contribution < -0.4 is 0 Å². The summed E-state index contributed by atoms with van der Waals surface area (Å²) in [6.45, 7) is 1.77. The van der Waals surface area contributed by atoms with E-state index in [1.807, 2.05) is 4.68 Å². The van der Waals surface area contributed by atoms with Crippen LogP contribution in [0.1, 0.15) is 45.1 Å². The van der Waals surface area contributed by atoms with E-state index in [9.17, 15) is 9.59 Å². The van der Waals surface area contributed by atoms with E-state index < -0.39 is 17.9 Å². The van der Waals surface area contributed by atoms with Crippen LogP contribution in [0.5, 0.6) is 0 Å². The predicted octanol–water partition coefficient (Wildman–Crippen LogP) is 2.35. The smallest absolute Gasteiger partial charge is 0.325 e. The molecule has 1 aromatic heterocycles. The Morgan fingerprint density at radius 2 is 2.23 bits per heavy atom. The number of carboxylic acids is 1. The molecule has 1 saturated carbocycles. The molecular weight excluding hydrogens is 286 g/mol. The number of aromatic nitrogens is 2. The van der Waals surface area contributed by atoms with Gasteiger partial charge in [-0.15, -0.1) is 0 Å². The highest BCUT2D eigenvalue weighted by atomic mass is 16.5. The predicted molar refractivity (Wildman–Crippen MR) is 80.3 cm³/mol. The average Bonchev–Trinajstić information content (AvgIpc) is 2.97. The zero-order valence-electron chi connectivity index (χ0n) is 12.6. The van der Waals surface area contributed by atoms with Gasteiger partial charge in [0, 0.05) is 12.3 Å². The maximum absolute atomic E-state index is 11.6. The molecule has 1 aliphatic carbocycles. The summed E-state index contributed by atoms with van der Waals surface area (Å²) in [4.78, 5) is 26.9. The molecule has 22 heavy (non-hydrogen) atoms. The quantitative estimate of drug-likeness (QED) is 0.494. The van der Waals surface area contributed by atoms with Crippen LogP contribution in [0.25, 0.3) is 0 Å². The molecule has 1 N–H and O–H groups in total. The lowest BCUT2D eigenvalue weighted by molar-refractivity contribution is -0.154. The summed E-state index contributed by atoms with van der Waals surface area (Å²) < 4.78 is 6.57. The van der Waals surface area contributed by atoms with Crippen molar-refractivity contribution in [2.24, 2.45) is 10.9 Å². The molecule has 7 nitrogen and oxygen atoms in total. The van der Waals surface area contributed by atoms with Crippen LogP contribution >= 0.6 is 0 Å². The van der Waals surface area contributed by atoms with Gasteiger partial charge in [-0.2, -0.15) is 5.10 Å². The highest BCUT2D eigenvalue weighted by Crippen LogP contribution is 2.30. The summed E-state index contributed by atoms with van der Waals surface area (Å²) in [5.41, 5.74) is 0.